The van der Waals surface area contributed by atoms with Crippen molar-refractivity contribution in [3.05, 3.63) is 47.4 Å². The number of rotatable bonds is 4. The van der Waals surface area contributed by atoms with Crippen LogP contribution in [-0.2, 0) is 0 Å². The number of hydrogen-bond acceptors (Lipinski definition) is 5. The van der Waals surface area contributed by atoms with E-state index in [4.69, 9.17) is 5.26 Å². The van der Waals surface area contributed by atoms with Crippen LogP contribution in [0.3, 0.4) is 0 Å². The van der Waals surface area contributed by atoms with Crippen molar-refractivity contribution in [2.24, 2.45) is 0 Å². The number of anilines is 1. The van der Waals surface area contributed by atoms with Gasteiger partial charge in [-0.2, -0.15) is 5.26 Å². The fraction of sp³-hybridized carbons (Fsp3) is 0.235. The van der Waals surface area contributed by atoms with E-state index in [0.29, 0.717) is 11.6 Å². The van der Waals surface area contributed by atoms with Gasteiger partial charge in [0.05, 0.1) is 17.5 Å². The van der Waals surface area contributed by atoms with E-state index >= 15 is 0 Å². The van der Waals surface area contributed by atoms with Crippen molar-refractivity contribution < 1.29 is 4.39 Å². The molecular weight excluding hydrogens is 311 g/mol. The van der Waals surface area contributed by atoms with Crippen molar-refractivity contribution in [1.29, 1.82) is 5.26 Å². The first-order valence-electron chi connectivity index (χ1n) is 7.10. The van der Waals surface area contributed by atoms with Crippen molar-refractivity contribution in [2.75, 3.05) is 11.4 Å². The number of thiol groups is 1. The highest BCUT2D eigenvalue weighted by molar-refractivity contribution is 7.81. The van der Waals surface area contributed by atoms with Gasteiger partial charge in [-0.05, 0) is 36.3 Å². The van der Waals surface area contributed by atoms with E-state index in [9.17, 15) is 4.39 Å². The van der Waals surface area contributed by atoms with Gasteiger partial charge >= 0.3 is 0 Å². The summed E-state index contributed by atoms with van der Waals surface area (Å²) in [7, 11) is 1.74. The van der Waals surface area contributed by atoms with E-state index in [0.717, 1.165) is 16.8 Å². The van der Waals surface area contributed by atoms with Gasteiger partial charge in [-0.15, -0.1) is 0 Å². The quantitative estimate of drug-likeness (QED) is 0.674. The van der Waals surface area contributed by atoms with Gasteiger partial charge in [-0.1, -0.05) is 26.7 Å². The second-order valence-corrected chi connectivity index (χ2v) is 5.92. The molecule has 0 aliphatic rings. The summed E-state index contributed by atoms with van der Waals surface area (Å²) in [5.41, 5.74) is 2.96. The molecule has 1 aromatic heterocycles. The summed E-state index contributed by atoms with van der Waals surface area (Å²) in [4.78, 5) is 9.06. The average Bonchev–Trinajstić information content (AvgIpc) is 2.52. The first-order chi connectivity index (χ1) is 10.9. The third kappa shape index (κ3) is 3.88. The minimum Gasteiger partial charge on any atom is -0.290 e. The minimum absolute atomic E-state index is 0.127. The van der Waals surface area contributed by atoms with Crippen LogP contribution >= 0.6 is 12.8 Å². The summed E-state index contributed by atoms with van der Waals surface area (Å²) in [6.45, 7) is 4.03. The first kappa shape index (κ1) is 17.0. The van der Waals surface area contributed by atoms with Crippen molar-refractivity contribution in [3.8, 4) is 17.3 Å². The van der Waals surface area contributed by atoms with E-state index in [-0.39, 0.29) is 11.7 Å². The minimum atomic E-state index is -0.312. The summed E-state index contributed by atoms with van der Waals surface area (Å²) in [5, 5.41) is 8.85. The zero-order valence-corrected chi connectivity index (χ0v) is 14.0. The Balaban J connectivity index is 2.77. The van der Waals surface area contributed by atoms with E-state index in [2.05, 4.69) is 22.8 Å². The van der Waals surface area contributed by atoms with Crippen LogP contribution in [0.5, 0.6) is 0 Å². The molecule has 23 heavy (non-hydrogen) atoms. The SMILES string of the molecule is CC(C)c1nc(N(C)S)nc(-c2ccc(F)cc2)c1/C=C/C#N. The zero-order chi connectivity index (χ0) is 17.0. The average molecular weight is 328 g/mol. The molecule has 0 fully saturated rings. The molecular formula is C17H17FN4S. The highest BCUT2D eigenvalue weighted by Crippen LogP contribution is 2.31. The summed E-state index contributed by atoms with van der Waals surface area (Å²) in [5.74, 6) is 0.264. The molecule has 0 spiro atoms. The Morgan fingerprint density at radius 2 is 1.91 bits per heavy atom. The van der Waals surface area contributed by atoms with Crippen LogP contribution in [0.1, 0.15) is 31.0 Å². The normalized spacial score (nSPS) is 11.0. The molecule has 0 unspecified atom stereocenters. The molecule has 0 aliphatic carbocycles. The van der Waals surface area contributed by atoms with Gasteiger partial charge in [0.2, 0.25) is 5.95 Å². The van der Waals surface area contributed by atoms with Gasteiger partial charge in [0, 0.05) is 24.3 Å². The molecule has 118 valence electrons. The molecule has 2 rings (SSSR count). The maximum absolute atomic E-state index is 13.2. The Bertz CT molecular complexity index is 761. The molecule has 0 saturated carbocycles. The maximum atomic E-state index is 13.2. The number of nitrogens with zero attached hydrogens (tertiary/aromatic N) is 4. The standard InChI is InChI=1S/C17H17FN4S/c1-11(2)15-14(5-4-10-19)16(21-17(20-15)22(3)23)12-6-8-13(18)9-7-12/h4-9,11,23H,1-3H3/b5-4+. The monoisotopic (exact) mass is 328 g/mol. The molecule has 2 aromatic rings. The van der Waals surface area contributed by atoms with E-state index < -0.39 is 0 Å². The number of benzene rings is 1. The molecule has 0 saturated heterocycles. The molecule has 0 aliphatic heterocycles. The van der Waals surface area contributed by atoms with Gasteiger partial charge in [0.1, 0.15) is 5.82 Å². The number of allylic oxidation sites excluding steroid dienone is 1. The third-order valence-corrected chi connectivity index (χ3v) is 3.42. The molecule has 0 amide bonds. The van der Waals surface area contributed by atoms with Gasteiger partial charge in [-0.25, -0.2) is 14.4 Å². The van der Waals surface area contributed by atoms with Crippen molar-refractivity contribution in [1.82, 2.24) is 9.97 Å². The van der Waals surface area contributed by atoms with Crippen LogP contribution < -0.4 is 4.31 Å². The lowest BCUT2D eigenvalue weighted by molar-refractivity contribution is 0.628. The lowest BCUT2D eigenvalue weighted by Crippen LogP contribution is -2.11. The van der Waals surface area contributed by atoms with Gasteiger partial charge in [0.15, 0.2) is 0 Å². The fourth-order valence-electron chi connectivity index (χ4n) is 2.17. The Hall–Kier alpha value is -2.39. The smallest absolute Gasteiger partial charge is 0.235 e. The molecule has 1 aromatic carbocycles. The van der Waals surface area contributed by atoms with E-state index in [1.54, 1.807) is 25.3 Å². The van der Waals surface area contributed by atoms with Crippen LogP contribution in [0.25, 0.3) is 17.3 Å². The summed E-state index contributed by atoms with van der Waals surface area (Å²) in [6, 6.07) is 8.07. The van der Waals surface area contributed by atoms with Crippen molar-refractivity contribution in [3.63, 3.8) is 0 Å². The van der Waals surface area contributed by atoms with Crippen LogP contribution in [0.15, 0.2) is 30.3 Å². The van der Waals surface area contributed by atoms with E-state index in [1.807, 2.05) is 19.9 Å². The number of hydrogen-bond donors (Lipinski definition) is 1. The predicted octanol–water partition coefficient (Wildman–Crippen LogP) is 4.22. The molecule has 1 heterocycles. The number of aromatic nitrogens is 2. The predicted molar refractivity (Wildman–Crippen MR) is 93.6 cm³/mol. The maximum Gasteiger partial charge on any atom is 0.235 e. The van der Waals surface area contributed by atoms with Gasteiger partial charge < -0.3 is 0 Å². The lowest BCUT2D eigenvalue weighted by Gasteiger charge is -2.18. The summed E-state index contributed by atoms with van der Waals surface area (Å²) < 4.78 is 14.7. The van der Waals surface area contributed by atoms with Gasteiger partial charge in [-0.3, -0.25) is 4.31 Å². The molecule has 0 bridgehead atoms. The molecule has 4 nitrogen and oxygen atoms in total. The Morgan fingerprint density at radius 1 is 1.26 bits per heavy atom. The number of halogens is 1. The second-order valence-electron chi connectivity index (χ2n) is 5.32. The molecule has 0 N–H and O–H groups in total. The van der Waals surface area contributed by atoms with Crippen LogP contribution in [0.4, 0.5) is 10.3 Å². The third-order valence-electron chi connectivity index (χ3n) is 3.24. The second kappa shape index (κ2) is 7.25. The molecule has 0 radical (unpaired) electrons. The topological polar surface area (TPSA) is 52.8 Å². The van der Waals surface area contributed by atoms with Crippen LogP contribution in [0.2, 0.25) is 0 Å². The van der Waals surface area contributed by atoms with Crippen LogP contribution in [0, 0.1) is 17.1 Å². The van der Waals surface area contributed by atoms with Gasteiger partial charge in [0.25, 0.3) is 0 Å². The lowest BCUT2D eigenvalue weighted by atomic mass is 9.98. The van der Waals surface area contributed by atoms with Crippen LogP contribution in [-0.4, -0.2) is 17.0 Å². The van der Waals surface area contributed by atoms with Crippen molar-refractivity contribution >= 4 is 24.8 Å². The summed E-state index contributed by atoms with van der Waals surface area (Å²) >= 11 is 4.26. The Kier molecular flexibility index (Phi) is 5.35. The summed E-state index contributed by atoms with van der Waals surface area (Å²) in [6.07, 6.45) is 3.08. The van der Waals surface area contributed by atoms with Crippen molar-refractivity contribution in [2.45, 2.75) is 19.8 Å². The molecule has 6 heteroatoms. The number of nitriles is 1. The fourth-order valence-corrected chi connectivity index (χ4v) is 2.26. The highest BCUT2D eigenvalue weighted by atomic mass is 32.1. The highest BCUT2D eigenvalue weighted by Gasteiger charge is 2.17. The Morgan fingerprint density at radius 3 is 2.43 bits per heavy atom. The zero-order valence-electron chi connectivity index (χ0n) is 13.2. The largest absolute Gasteiger partial charge is 0.290 e. The van der Waals surface area contributed by atoms with E-state index in [1.165, 1.54) is 22.5 Å². The molecule has 0 atom stereocenters. The Labute approximate surface area is 140 Å². The first-order valence-corrected chi connectivity index (χ1v) is 7.50.